The van der Waals surface area contributed by atoms with Gasteiger partial charge in [-0.1, -0.05) is 11.6 Å². The standard InChI is InChI=1S/C20H25ClN4O3/c1-3-22-20(23-12-14(2)28-18-10-4-15(21)5-11-18)24-13-19(27)25-16-6-8-17(26)9-7-16/h4-11,14,26H,3,12-13H2,1-2H3,(H,25,27)(H2,22,23,24). The fourth-order valence-corrected chi connectivity index (χ4v) is 2.39. The molecule has 0 bridgehead atoms. The number of hydrogen-bond acceptors (Lipinski definition) is 4. The van der Waals surface area contributed by atoms with Gasteiger partial charge in [0.25, 0.3) is 0 Å². The number of aromatic hydroxyl groups is 1. The van der Waals surface area contributed by atoms with Crippen molar-refractivity contribution < 1.29 is 14.6 Å². The maximum Gasteiger partial charge on any atom is 0.246 e. The molecule has 2 rings (SSSR count). The van der Waals surface area contributed by atoms with Gasteiger partial charge in [-0.2, -0.15) is 0 Å². The lowest BCUT2D eigenvalue weighted by atomic mass is 10.3. The van der Waals surface area contributed by atoms with E-state index in [1.165, 1.54) is 12.1 Å². The SMILES string of the molecule is CCNC(=NCC(=O)Nc1ccc(O)cc1)NCC(C)Oc1ccc(Cl)cc1. The summed E-state index contributed by atoms with van der Waals surface area (Å²) in [5, 5.41) is 18.9. The quantitative estimate of drug-likeness (QED) is 0.308. The molecule has 1 amide bonds. The molecule has 0 spiro atoms. The third kappa shape index (κ3) is 7.75. The van der Waals surface area contributed by atoms with Crippen molar-refractivity contribution in [3.63, 3.8) is 0 Å². The summed E-state index contributed by atoms with van der Waals surface area (Å²) in [6.45, 7) is 5.01. The molecular formula is C20H25ClN4O3. The third-order valence-corrected chi connectivity index (χ3v) is 3.84. The van der Waals surface area contributed by atoms with Gasteiger partial charge in [-0.05, 0) is 62.4 Å². The van der Waals surface area contributed by atoms with Crippen LogP contribution >= 0.6 is 11.6 Å². The van der Waals surface area contributed by atoms with E-state index >= 15 is 0 Å². The lowest BCUT2D eigenvalue weighted by Gasteiger charge is -2.17. The molecule has 8 heteroatoms. The molecule has 0 fully saturated rings. The maximum atomic E-state index is 12.0. The highest BCUT2D eigenvalue weighted by molar-refractivity contribution is 6.30. The van der Waals surface area contributed by atoms with E-state index in [4.69, 9.17) is 16.3 Å². The van der Waals surface area contributed by atoms with Gasteiger partial charge in [0, 0.05) is 17.3 Å². The van der Waals surface area contributed by atoms with Crippen molar-refractivity contribution >= 4 is 29.2 Å². The first-order chi connectivity index (χ1) is 13.5. The number of phenols is 1. The van der Waals surface area contributed by atoms with Gasteiger partial charge in [0.05, 0.1) is 6.54 Å². The monoisotopic (exact) mass is 404 g/mol. The molecule has 1 unspecified atom stereocenters. The molecule has 0 heterocycles. The Kier molecular flexibility index (Phi) is 8.42. The topological polar surface area (TPSA) is 95.0 Å². The fraction of sp³-hybridized carbons (Fsp3) is 0.300. The van der Waals surface area contributed by atoms with Crippen molar-refractivity contribution in [3.05, 3.63) is 53.6 Å². The lowest BCUT2D eigenvalue weighted by molar-refractivity contribution is -0.114. The number of carbonyl (C=O) groups excluding carboxylic acids is 1. The number of aliphatic imine (C=N–C) groups is 1. The van der Waals surface area contributed by atoms with E-state index in [9.17, 15) is 9.90 Å². The normalized spacial score (nSPS) is 12.2. The second kappa shape index (κ2) is 11.0. The van der Waals surface area contributed by atoms with Crippen molar-refractivity contribution in [2.24, 2.45) is 4.99 Å². The second-order valence-corrected chi connectivity index (χ2v) is 6.49. The van der Waals surface area contributed by atoms with Crippen LogP contribution in [0.3, 0.4) is 0 Å². The number of rotatable bonds is 8. The minimum absolute atomic E-state index is 0.0391. The Hall–Kier alpha value is -2.93. The fourth-order valence-electron chi connectivity index (χ4n) is 2.27. The predicted octanol–water partition coefficient (Wildman–Crippen LogP) is 3.01. The van der Waals surface area contributed by atoms with E-state index in [-0.39, 0.29) is 24.3 Å². The summed E-state index contributed by atoms with van der Waals surface area (Å²) in [5.74, 6) is 1.14. The van der Waals surface area contributed by atoms with Crippen LogP contribution in [-0.4, -0.2) is 42.7 Å². The van der Waals surface area contributed by atoms with Crippen molar-refractivity contribution in [1.82, 2.24) is 10.6 Å². The first-order valence-corrected chi connectivity index (χ1v) is 9.37. The van der Waals surface area contributed by atoms with Crippen LogP contribution < -0.4 is 20.7 Å². The van der Waals surface area contributed by atoms with Gasteiger partial charge in [0.15, 0.2) is 5.96 Å². The minimum Gasteiger partial charge on any atom is -0.508 e. The number of carbonyl (C=O) groups is 1. The summed E-state index contributed by atoms with van der Waals surface area (Å²) in [6, 6.07) is 13.4. The van der Waals surface area contributed by atoms with E-state index in [0.717, 1.165) is 5.75 Å². The summed E-state index contributed by atoms with van der Waals surface area (Å²) in [7, 11) is 0. The van der Waals surface area contributed by atoms with Gasteiger partial charge in [-0.3, -0.25) is 4.79 Å². The molecule has 28 heavy (non-hydrogen) atoms. The predicted molar refractivity (Wildman–Crippen MR) is 112 cm³/mol. The number of ether oxygens (including phenoxy) is 1. The number of nitrogens with one attached hydrogen (secondary N) is 3. The first kappa shape index (κ1) is 21.4. The number of anilines is 1. The Morgan fingerprint density at radius 2 is 1.82 bits per heavy atom. The zero-order valence-corrected chi connectivity index (χ0v) is 16.7. The number of halogens is 1. The minimum atomic E-state index is -0.256. The van der Waals surface area contributed by atoms with Crippen molar-refractivity contribution in [2.75, 3.05) is 25.0 Å². The molecule has 0 saturated heterocycles. The molecule has 0 aliphatic rings. The van der Waals surface area contributed by atoms with Crippen LogP contribution in [0.2, 0.25) is 5.02 Å². The van der Waals surface area contributed by atoms with Crippen LogP contribution in [-0.2, 0) is 4.79 Å². The van der Waals surface area contributed by atoms with Crippen molar-refractivity contribution in [3.8, 4) is 11.5 Å². The molecule has 2 aromatic rings. The Morgan fingerprint density at radius 1 is 1.14 bits per heavy atom. The van der Waals surface area contributed by atoms with Gasteiger partial charge >= 0.3 is 0 Å². The zero-order valence-electron chi connectivity index (χ0n) is 15.9. The van der Waals surface area contributed by atoms with Crippen LogP contribution in [0, 0.1) is 0 Å². The number of nitrogens with zero attached hydrogens (tertiary/aromatic N) is 1. The zero-order chi connectivity index (χ0) is 20.4. The van der Waals surface area contributed by atoms with Crippen LogP contribution in [0.25, 0.3) is 0 Å². The molecule has 1 atom stereocenters. The van der Waals surface area contributed by atoms with E-state index in [1.54, 1.807) is 24.3 Å². The number of amides is 1. The Balaban J connectivity index is 1.82. The van der Waals surface area contributed by atoms with Crippen molar-refractivity contribution in [1.29, 1.82) is 0 Å². The summed E-state index contributed by atoms with van der Waals surface area (Å²) in [5.41, 5.74) is 0.598. The number of guanidine groups is 1. The van der Waals surface area contributed by atoms with Gasteiger partial charge in [0.2, 0.25) is 5.91 Å². The largest absolute Gasteiger partial charge is 0.508 e. The Morgan fingerprint density at radius 3 is 2.46 bits per heavy atom. The van der Waals surface area contributed by atoms with E-state index in [0.29, 0.717) is 29.8 Å². The summed E-state index contributed by atoms with van der Waals surface area (Å²) in [6.07, 6.45) is -0.115. The molecule has 2 aromatic carbocycles. The average molecular weight is 405 g/mol. The molecule has 0 aromatic heterocycles. The molecule has 0 radical (unpaired) electrons. The second-order valence-electron chi connectivity index (χ2n) is 6.05. The van der Waals surface area contributed by atoms with Crippen LogP contribution in [0.4, 0.5) is 5.69 Å². The van der Waals surface area contributed by atoms with Gasteiger partial charge in [-0.15, -0.1) is 0 Å². The summed E-state index contributed by atoms with van der Waals surface area (Å²) in [4.78, 5) is 16.3. The molecule has 0 aliphatic heterocycles. The van der Waals surface area contributed by atoms with Crippen molar-refractivity contribution in [2.45, 2.75) is 20.0 Å². The molecule has 7 nitrogen and oxygen atoms in total. The highest BCUT2D eigenvalue weighted by atomic mass is 35.5. The summed E-state index contributed by atoms with van der Waals surface area (Å²) >= 11 is 5.87. The lowest BCUT2D eigenvalue weighted by Crippen LogP contribution is -2.42. The molecule has 4 N–H and O–H groups in total. The van der Waals surface area contributed by atoms with Crippen LogP contribution in [0.1, 0.15) is 13.8 Å². The number of hydrogen-bond donors (Lipinski definition) is 4. The number of phenolic OH excluding ortho intramolecular Hbond substituents is 1. The van der Waals surface area contributed by atoms with Crippen LogP contribution in [0.5, 0.6) is 11.5 Å². The molecule has 150 valence electrons. The molecule has 0 aliphatic carbocycles. The Labute approximate surface area is 169 Å². The first-order valence-electron chi connectivity index (χ1n) is 8.99. The molecular weight excluding hydrogens is 380 g/mol. The van der Waals surface area contributed by atoms with Gasteiger partial charge < -0.3 is 25.8 Å². The summed E-state index contributed by atoms with van der Waals surface area (Å²) < 4.78 is 5.81. The third-order valence-electron chi connectivity index (χ3n) is 3.58. The van der Waals surface area contributed by atoms with Gasteiger partial charge in [0.1, 0.15) is 24.1 Å². The molecule has 0 saturated carbocycles. The average Bonchev–Trinajstić information content (AvgIpc) is 2.67. The van der Waals surface area contributed by atoms with E-state index in [1.807, 2.05) is 26.0 Å². The smallest absolute Gasteiger partial charge is 0.246 e. The number of benzene rings is 2. The van der Waals surface area contributed by atoms with Crippen LogP contribution in [0.15, 0.2) is 53.5 Å². The van der Waals surface area contributed by atoms with Gasteiger partial charge in [-0.25, -0.2) is 4.99 Å². The Bertz CT molecular complexity index is 779. The van der Waals surface area contributed by atoms with E-state index < -0.39 is 0 Å². The highest BCUT2D eigenvalue weighted by Gasteiger charge is 2.07. The van der Waals surface area contributed by atoms with E-state index in [2.05, 4.69) is 20.9 Å². The highest BCUT2D eigenvalue weighted by Crippen LogP contribution is 2.16. The maximum absolute atomic E-state index is 12.0.